The van der Waals surface area contributed by atoms with Crippen LogP contribution < -0.4 is 5.73 Å². The summed E-state index contributed by atoms with van der Waals surface area (Å²) >= 11 is 0. The van der Waals surface area contributed by atoms with Crippen LogP contribution in [0.3, 0.4) is 0 Å². The van der Waals surface area contributed by atoms with Gasteiger partial charge in [-0.05, 0) is 18.8 Å². The summed E-state index contributed by atoms with van der Waals surface area (Å²) in [4.78, 5) is 59.9. The highest BCUT2D eigenvalue weighted by molar-refractivity contribution is 7.53. The van der Waals surface area contributed by atoms with Crippen molar-refractivity contribution in [2.45, 2.75) is 30.6 Å². The van der Waals surface area contributed by atoms with Crippen LogP contribution in [0.15, 0.2) is 0 Å². The average molecular weight is 359 g/mol. The van der Waals surface area contributed by atoms with Crippen molar-refractivity contribution in [3.63, 3.8) is 0 Å². The molecule has 13 heteroatoms. The number of ether oxygens (including phenoxy) is 2. The topological polar surface area (TPSA) is 194 Å². The minimum absolute atomic E-state index is 0.0440. The summed E-state index contributed by atoms with van der Waals surface area (Å²) in [6, 6.07) is -3.72. The fourth-order valence-corrected chi connectivity index (χ4v) is 4.47. The maximum Gasteiger partial charge on any atom is 0.406 e. The van der Waals surface area contributed by atoms with Crippen LogP contribution in [-0.2, 0) is 28.2 Å². The molecular formula is C9H15NO10P2. The van der Waals surface area contributed by atoms with E-state index in [1.807, 2.05) is 0 Å². The lowest BCUT2D eigenvalue weighted by molar-refractivity contribution is -0.179. The van der Waals surface area contributed by atoms with Gasteiger partial charge in [-0.25, -0.2) is 0 Å². The Morgan fingerprint density at radius 3 is 2.00 bits per heavy atom. The zero-order valence-corrected chi connectivity index (χ0v) is 12.8. The minimum atomic E-state index is -5.13. The van der Waals surface area contributed by atoms with Crippen molar-refractivity contribution in [3.8, 4) is 0 Å². The summed E-state index contributed by atoms with van der Waals surface area (Å²) in [7, 11) is -9.72. The van der Waals surface area contributed by atoms with E-state index in [2.05, 4.69) is 9.47 Å². The molecule has 2 rings (SSSR count). The Labute approximate surface area is 124 Å². The smallest absolute Gasteiger partial charge is 0.406 e. The SMILES string of the molecule is NC1CCC2C(C(=O)OC(P(=O)(O)O)OC1=O)C2P(=O)(O)O. The molecule has 1 heterocycles. The molecule has 0 spiro atoms. The van der Waals surface area contributed by atoms with Gasteiger partial charge in [0.1, 0.15) is 6.04 Å². The van der Waals surface area contributed by atoms with Crippen molar-refractivity contribution in [2.75, 3.05) is 0 Å². The molecule has 0 aromatic heterocycles. The summed E-state index contributed by atoms with van der Waals surface area (Å²) < 4.78 is 31.4. The molecule has 126 valence electrons. The summed E-state index contributed by atoms with van der Waals surface area (Å²) in [6.07, 6.45) is 0.0318. The number of hydrogen-bond acceptors (Lipinski definition) is 7. The molecule has 11 nitrogen and oxygen atoms in total. The van der Waals surface area contributed by atoms with Gasteiger partial charge in [-0.2, -0.15) is 0 Å². The molecule has 1 aliphatic heterocycles. The lowest BCUT2D eigenvalue weighted by Gasteiger charge is -2.21. The first-order valence-corrected chi connectivity index (χ1v) is 9.56. The van der Waals surface area contributed by atoms with Crippen molar-refractivity contribution in [1.29, 1.82) is 0 Å². The Bertz CT molecular complexity index is 581. The normalized spacial score (nSPS) is 36.9. The maximum absolute atomic E-state index is 11.8. The minimum Gasteiger partial charge on any atom is -0.413 e. The number of carbonyl (C=O) groups excluding carboxylic acids is 2. The van der Waals surface area contributed by atoms with E-state index in [1.165, 1.54) is 0 Å². The first-order valence-electron chi connectivity index (χ1n) is 6.20. The Balaban J connectivity index is 2.27. The molecule has 0 aromatic carbocycles. The number of fused-ring (bicyclic) bond motifs is 1. The lowest BCUT2D eigenvalue weighted by Crippen LogP contribution is -2.37. The fraction of sp³-hybridized carbons (Fsp3) is 0.778. The molecule has 1 aliphatic carbocycles. The van der Waals surface area contributed by atoms with E-state index in [1.54, 1.807) is 0 Å². The first kappa shape index (κ1) is 17.6. The molecular weight excluding hydrogens is 344 g/mol. The highest BCUT2D eigenvalue weighted by Crippen LogP contribution is 2.64. The van der Waals surface area contributed by atoms with Gasteiger partial charge in [0.2, 0.25) is 0 Å². The van der Waals surface area contributed by atoms with Crippen molar-refractivity contribution >= 4 is 27.1 Å². The van der Waals surface area contributed by atoms with E-state index in [-0.39, 0.29) is 12.8 Å². The molecule has 5 atom stereocenters. The van der Waals surface area contributed by atoms with Crippen molar-refractivity contribution < 1.29 is 47.8 Å². The van der Waals surface area contributed by atoms with E-state index >= 15 is 0 Å². The van der Waals surface area contributed by atoms with Crippen molar-refractivity contribution in [1.82, 2.24) is 0 Å². The predicted molar refractivity (Wildman–Crippen MR) is 68.0 cm³/mol. The van der Waals surface area contributed by atoms with E-state index in [0.717, 1.165) is 0 Å². The van der Waals surface area contributed by atoms with Crippen molar-refractivity contribution in [3.05, 3.63) is 0 Å². The third kappa shape index (κ3) is 3.57. The summed E-state index contributed by atoms with van der Waals surface area (Å²) in [5.41, 5.74) is 4.17. The van der Waals surface area contributed by atoms with E-state index in [0.29, 0.717) is 0 Å². The highest BCUT2D eigenvalue weighted by Gasteiger charge is 2.64. The molecule has 0 aromatic rings. The summed E-state index contributed by atoms with van der Waals surface area (Å²) in [6.45, 7) is 0. The summed E-state index contributed by atoms with van der Waals surface area (Å²) in [5, 5.41) is 0. The Hall–Kier alpha value is -0.800. The number of nitrogens with two attached hydrogens (primary N) is 1. The molecule has 2 fully saturated rings. The van der Waals surface area contributed by atoms with Crippen LogP contribution in [0.2, 0.25) is 0 Å². The number of esters is 2. The van der Waals surface area contributed by atoms with Gasteiger partial charge in [0.05, 0.1) is 11.6 Å². The van der Waals surface area contributed by atoms with Crippen LogP contribution in [0, 0.1) is 11.8 Å². The fourth-order valence-electron chi connectivity index (χ4n) is 2.49. The van der Waals surface area contributed by atoms with Crippen LogP contribution in [0.4, 0.5) is 0 Å². The van der Waals surface area contributed by atoms with Crippen LogP contribution in [0.25, 0.3) is 0 Å². The zero-order chi connectivity index (χ0) is 16.9. The first-order chi connectivity index (χ1) is 9.93. The third-order valence-corrected chi connectivity index (χ3v) is 5.85. The average Bonchev–Trinajstić information content (AvgIpc) is 3.07. The molecule has 0 radical (unpaired) electrons. The second kappa shape index (κ2) is 5.68. The maximum atomic E-state index is 11.8. The van der Waals surface area contributed by atoms with Gasteiger partial charge >= 0.3 is 33.2 Å². The third-order valence-electron chi connectivity index (χ3n) is 3.61. The van der Waals surface area contributed by atoms with Gasteiger partial charge in [0, 0.05) is 0 Å². The van der Waals surface area contributed by atoms with Crippen LogP contribution in [0.5, 0.6) is 0 Å². The van der Waals surface area contributed by atoms with Crippen molar-refractivity contribution in [2.24, 2.45) is 17.6 Å². The second-order valence-corrected chi connectivity index (χ2v) is 8.60. The molecule has 6 N–H and O–H groups in total. The second-order valence-electron chi connectivity index (χ2n) is 5.22. The molecule has 0 bridgehead atoms. The summed E-state index contributed by atoms with van der Waals surface area (Å²) in [5.74, 6) is -4.37. The van der Waals surface area contributed by atoms with Crippen LogP contribution >= 0.6 is 15.2 Å². The Morgan fingerprint density at radius 1 is 0.955 bits per heavy atom. The quantitative estimate of drug-likeness (QED) is 0.283. The van der Waals surface area contributed by atoms with Crippen LogP contribution in [-0.4, -0.2) is 49.2 Å². The van der Waals surface area contributed by atoms with Gasteiger partial charge in [0.15, 0.2) is 0 Å². The number of rotatable bonds is 2. The largest absolute Gasteiger partial charge is 0.413 e. The molecule has 1 saturated carbocycles. The number of carbonyl (C=O) groups is 2. The number of hydrogen-bond donors (Lipinski definition) is 5. The molecule has 1 saturated heterocycles. The Morgan fingerprint density at radius 2 is 1.50 bits per heavy atom. The van der Waals surface area contributed by atoms with E-state index in [9.17, 15) is 28.5 Å². The van der Waals surface area contributed by atoms with Crippen LogP contribution in [0.1, 0.15) is 12.8 Å². The molecule has 2 aliphatic rings. The van der Waals surface area contributed by atoms with Gasteiger partial charge in [-0.15, -0.1) is 0 Å². The standard InChI is InChI=1S/C9H15NO10P2/c10-4-2-1-3-5(6(3)21(13,14)15)8(12)20-9(19-7(4)11)22(16,17)18/h3-6,9H,1-2,10H2,(H2,13,14,15)(H2,16,17,18). The van der Waals surface area contributed by atoms with E-state index < -0.39 is 56.7 Å². The zero-order valence-electron chi connectivity index (χ0n) is 11.0. The van der Waals surface area contributed by atoms with Gasteiger partial charge < -0.3 is 34.8 Å². The monoisotopic (exact) mass is 359 g/mol. The predicted octanol–water partition coefficient (Wildman–Crippen LogP) is -1.55. The highest BCUT2D eigenvalue weighted by atomic mass is 31.2. The molecule has 22 heavy (non-hydrogen) atoms. The molecule has 5 unspecified atom stereocenters. The lowest BCUT2D eigenvalue weighted by atomic mass is 10.1. The van der Waals surface area contributed by atoms with Gasteiger partial charge in [-0.3, -0.25) is 18.7 Å². The number of cyclic esters (lactones) is 2. The van der Waals surface area contributed by atoms with E-state index in [4.69, 9.17) is 15.5 Å². The molecule has 0 amide bonds. The van der Waals surface area contributed by atoms with Gasteiger partial charge in [-0.1, -0.05) is 0 Å². The Kier molecular flexibility index (Phi) is 4.53. The van der Waals surface area contributed by atoms with Gasteiger partial charge in [0.25, 0.3) is 0 Å².